The first kappa shape index (κ1) is 11.0. The zero-order valence-electron chi connectivity index (χ0n) is 10.5. The molecule has 0 unspecified atom stereocenters. The average Bonchev–Trinajstić information content (AvgIpc) is 2.41. The Morgan fingerprint density at radius 2 is 1.61 bits per heavy atom. The molecule has 0 radical (unpaired) electrons. The maximum absolute atomic E-state index is 4.67. The van der Waals surface area contributed by atoms with Crippen molar-refractivity contribution < 1.29 is 0 Å². The fraction of sp³-hybridized carbons (Fsp3) is 0.118. The maximum Gasteiger partial charge on any atom is 0.0729 e. The number of hydrogen-bond donors (Lipinski definition) is 0. The highest BCUT2D eigenvalue weighted by Gasteiger charge is 2.17. The van der Waals surface area contributed by atoms with E-state index in [-0.39, 0.29) is 0 Å². The first-order chi connectivity index (χ1) is 8.75. The van der Waals surface area contributed by atoms with E-state index in [9.17, 15) is 0 Å². The van der Waals surface area contributed by atoms with E-state index in [1.54, 1.807) is 0 Å². The van der Waals surface area contributed by atoms with Crippen LogP contribution in [0.2, 0.25) is 0 Å². The van der Waals surface area contributed by atoms with Crippen molar-refractivity contribution in [3.63, 3.8) is 0 Å². The van der Waals surface area contributed by atoms with Gasteiger partial charge < -0.3 is 0 Å². The number of aryl methyl sites for hydroxylation is 1. The molecule has 2 aromatic carbocycles. The number of rotatable bonds is 1. The summed E-state index contributed by atoms with van der Waals surface area (Å²) in [6.45, 7) is 6.88. The van der Waals surface area contributed by atoms with Crippen LogP contribution in [-0.2, 0) is 0 Å². The quantitative estimate of drug-likeness (QED) is 0.709. The van der Waals surface area contributed by atoms with E-state index in [4.69, 9.17) is 0 Å². The summed E-state index contributed by atoms with van der Waals surface area (Å²) in [4.78, 5) is 4.67. The van der Waals surface area contributed by atoms with Crippen LogP contribution >= 0.6 is 0 Å². The number of fused-ring (bicyclic) bond motifs is 1. The Balaban J connectivity index is 2.14. The predicted molar refractivity (Wildman–Crippen MR) is 77.2 cm³/mol. The van der Waals surface area contributed by atoms with Gasteiger partial charge in [0.2, 0.25) is 0 Å². The van der Waals surface area contributed by atoms with Gasteiger partial charge in [-0.2, -0.15) is 0 Å². The highest BCUT2D eigenvalue weighted by atomic mass is 14.8. The van der Waals surface area contributed by atoms with Gasteiger partial charge in [-0.15, -0.1) is 0 Å². The summed E-state index contributed by atoms with van der Waals surface area (Å²) in [5.41, 5.74) is 7.05. The molecule has 1 aliphatic rings. The SMILES string of the molecule is C=C1CN=C(c2ccc(C)cc2)c2ccccc21. The minimum Gasteiger partial charge on any atom is -0.279 e. The second-order valence-electron chi connectivity index (χ2n) is 4.68. The minimum absolute atomic E-state index is 0.695. The Bertz CT molecular complexity index is 633. The van der Waals surface area contributed by atoms with Gasteiger partial charge in [-0.1, -0.05) is 60.7 Å². The van der Waals surface area contributed by atoms with E-state index in [1.165, 1.54) is 22.3 Å². The molecular weight excluding hydrogens is 218 g/mol. The summed E-state index contributed by atoms with van der Waals surface area (Å²) < 4.78 is 0. The summed E-state index contributed by atoms with van der Waals surface area (Å²) >= 11 is 0. The highest BCUT2D eigenvalue weighted by molar-refractivity contribution is 6.16. The molecule has 1 aliphatic heterocycles. The fourth-order valence-corrected chi connectivity index (χ4v) is 2.30. The minimum atomic E-state index is 0.695. The van der Waals surface area contributed by atoms with E-state index in [0.29, 0.717) is 6.54 Å². The van der Waals surface area contributed by atoms with Gasteiger partial charge in [-0.05, 0) is 18.1 Å². The molecule has 0 saturated heterocycles. The van der Waals surface area contributed by atoms with Crippen LogP contribution in [0.25, 0.3) is 5.57 Å². The lowest BCUT2D eigenvalue weighted by Crippen LogP contribution is -2.12. The smallest absolute Gasteiger partial charge is 0.0729 e. The Hall–Kier alpha value is -2.15. The van der Waals surface area contributed by atoms with Gasteiger partial charge in [0.1, 0.15) is 0 Å². The third-order valence-corrected chi connectivity index (χ3v) is 3.32. The molecule has 0 saturated carbocycles. The molecule has 0 spiro atoms. The number of hydrogen-bond acceptors (Lipinski definition) is 1. The van der Waals surface area contributed by atoms with Gasteiger partial charge in [0.25, 0.3) is 0 Å². The van der Waals surface area contributed by atoms with E-state index >= 15 is 0 Å². The molecule has 0 bridgehead atoms. The van der Waals surface area contributed by atoms with Crippen LogP contribution in [0.3, 0.4) is 0 Å². The van der Waals surface area contributed by atoms with Crippen LogP contribution < -0.4 is 0 Å². The number of nitrogens with zero attached hydrogens (tertiary/aromatic N) is 1. The molecule has 0 aliphatic carbocycles. The first-order valence-corrected chi connectivity index (χ1v) is 6.15. The zero-order chi connectivity index (χ0) is 12.5. The van der Waals surface area contributed by atoms with Crippen molar-refractivity contribution in [1.82, 2.24) is 0 Å². The fourth-order valence-electron chi connectivity index (χ4n) is 2.30. The number of aliphatic imine (C=N–C) groups is 1. The van der Waals surface area contributed by atoms with E-state index in [0.717, 1.165) is 11.3 Å². The van der Waals surface area contributed by atoms with Gasteiger partial charge >= 0.3 is 0 Å². The lowest BCUT2D eigenvalue weighted by Gasteiger charge is -2.18. The summed E-state index contributed by atoms with van der Waals surface area (Å²) in [6.07, 6.45) is 0. The molecule has 88 valence electrons. The van der Waals surface area contributed by atoms with Crippen molar-refractivity contribution in [2.75, 3.05) is 6.54 Å². The normalized spacial score (nSPS) is 14.1. The average molecular weight is 233 g/mol. The van der Waals surface area contributed by atoms with Crippen LogP contribution in [0, 0.1) is 6.92 Å². The molecule has 1 heterocycles. The van der Waals surface area contributed by atoms with Crippen molar-refractivity contribution in [2.45, 2.75) is 6.92 Å². The Morgan fingerprint density at radius 1 is 0.944 bits per heavy atom. The molecule has 18 heavy (non-hydrogen) atoms. The lowest BCUT2D eigenvalue weighted by atomic mass is 9.91. The Morgan fingerprint density at radius 3 is 2.33 bits per heavy atom. The van der Waals surface area contributed by atoms with Crippen LogP contribution in [0.4, 0.5) is 0 Å². The van der Waals surface area contributed by atoms with Gasteiger partial charge in [-0.3, -0.25) is 4.99 Å². The topological polar surface area (TPSA) is 12.4 Å². The van der Waals surface area contributed by atoms with Crippen molar-refractivity contribution >= 4 is 11.3 Å². The van der Waals surface area contributed by atoms with Crippen LogP contribution in [0.1, 0.15) is 22.3 Å². The van der Waals surface area contributed by atoms with E-state index < -0.39 is 0 Å². The van der Waals surface area contributed by atoms with Gasteiger partial charge in [0.15, 0.2) is 0 Å². The summed E-state index contributed by atoms with van der Waals surface area (Å²) in [5, 5.41) is 0. The third kappa shape index (κ3) is 1.78. The van der Waals surface area contributed by atoms with Gasteiger partial charge in [0, 0.05) is 11.1 Å². The number of benzene rings is 2. The van der Waals surface area contributed by atoms with Crippen LogP contribution in [0.15, 0.2) is 60.1 Å². The molecular formula is C17H15N. The lowest BCUT2D eigenvalue weighted by molar-refractivity contribution is 1.22. The second kappa shape index (κ2) is 4.26. The van der Waals surface area contributed by atoms with Crippen LogP contribution in [-0.4, -0.2) is 12.3 Å². The van der Waals surface area contributed by atoms with E-state index in [2.05, 4.69) is 67.0 Å². The molecule has 0 N–H and O–H groups in total. The van der Waals surface area contributed by atoms with Crippen molar-refractivity contribution in [3.05, 3.63) is 77.4 Å². The highest BCUT2D eigenvalue weighted by Crippen LogP contribution is 2.26. The summed E-state index contributed by atoms with van der Waals surface area (Å²) in [5.74, 6) is 0. The summed E-state index contributed by atoms with van der Waals surface area (Å²) in [6, 6.07) is 16.9. The predicted octanol–water partition coefficient (Wildman–Crippen LogP) is 3.86. The first-order valence-electron chi connectivity index (χ1n) is 6.15. The third-order valence-electron chi connectivity index (χ3n) is 3.32. The van der Waals surface area contributed by atoms with Gasteiger partial charge in [-0.25, -0.2) is 0 Å². The monoisotopic (exact) mass is 233 g/mol. The molecule has 0 aromatic heterocycles. The van der Waals surface area contributed by atoms with Crippen molar-refractivity contribution in [1.29, 1.82) is 0 Å². The largest absolute Gasteiger partial charge is 0.279 e. The van der Waals surface area contributed by atoms with Crippen LogP contribution in [0.5, 0.6) is 0 Å². The maximum atomic E-state index is 4.67. The molecule has 3 rings (SSSR count). The van der Waals surface area contributed by atoms with Gasteiger partial charge in [0.05, 0.1) is 12.3 Å². The molecule has 0 atom stereocenters. The molecule has 2 aromatic rings. The molecule has 1 heteroatoms. The molecule has 0 fully saturated rings. The molecule has 1 nitrogen and oxygen atoms in total. The Kier molecular flexibility index (Phi) is 2.60. The zero-order valence-corrected chi connectivity index (χ0v) is 10.5. The Labute approximate surface area is 108 Å². The molecule has 0 amide bonds. The van der Waals surface area contributed by atoms with Crippen molar-refractivity contribution in [3.8, 4) is 0 Å². The standard InChI is InChI=1S/C17H15N/c1-12-7-9-14(10-8-12)17-16-6-4-3-5-15(16)13(2)11-18-17/h3-10H,2,11H2,1H3. The van der Waals surface area contributed by atoms with Crippen molar-refractivity contribution in [2.24, 2.45) is 4.99 Å². The van der Waals surface area contributed by atoms with E-state index in [1.807, 2.05) is 0 Å². The second-order valence-corrected chi connectivity index (χ2v) is 4.68. The summed E-state index contributed by atoms with van der Waals surface area (Å²) in [7, 11) is 0.